The molecule has 19 heavy (non-hydrogen) atoms. The average molecular weight is 278 g/mol. The van der Waals surface area contributed by atoms with Gasteiger partial charge < -0.3 is 15.2 Å². The van der Waals surface area contributed by atoms with Crippen LogP contribution in [-0.4, -0.2) is 7.11 Å². The van der Waals surface area contributed by atoms with Gasteiger partial charge in [0.15, 0.2) is 0 Å². The topological polar surface area (TPSA) is 44.5 Å². The molecule has 2 aromatic rings. The van der Waals surface area contributed by atoms with E-state index in [1.807, 2.05) is 36.4 Å². The predicted octanol–water partition coefficient (Wildman–Crippen LogP) is 3.65. The van der Waals surface area contributed by atoms with Crippen LogP contribution in [0.25, 0.3) is 0 Å². The maximum atomic E-state index is 6.08. The fourth-order valence-corrected chi connectivity index (χ4v) is 1.97. The molecule has 0 fully saturated rings. The van der Waals surface area contributed by atoms with Crippen LogP contribution in [-0.2, 0) is 18.0 Å². The molecule has 0 saturated heterocycles. The third-order valence-corrected chi connectivity index (χ3v) is 3.09. The first-order chi connectivity index (χ1) is 9.19. The molecule has 0 heterocycles. The van der Waals surface area contributed by atoms with Crippen LogP contribution in [0, 0.1) is 0 Å². The Hall–Kier alpha value is -1.71. The van der Waals surface area contributed by atoms with Crippen molar-refractivity contribution in [3.63, 3.8) is 0 Å². The number of hydrogen-bond donors (Lipinski definition) is 1. The number of methoxy groups -OCH3 is 1. The van der Waals surface area contributed by atoms with Crippen LogP contribution in [0.15, 0.2) is 42.5 Å². The minimum Gasteiger partial charge on any atom is -0.497 e. The van der Waals surface area contributed by atoms with Gasteiger partial charge >= 0.3 is 0 Å². The Bertz CT molecular complexity index is 558. The lowest BCUT2D eigenvalue weighted by molar-refractivity contribution is 0.107. The van der Waals surface area contributed by atoms with Crippen LogP contribution in [0.1, 0.15) is 11.1 Å². The molecule has 0 amide bonds. The third kappa shape index (κ3) is 3.88. The average Bonchev–Trinajstić information content (AvgIpc) is 2.41. The second-order valence-electron chi connectivity index (χ2n) is 4.20. The van der Waals surface area contributed by atoms with E-state index in [1.165, 1.54) is 0 Å². The molecule has 100 valence electrons. The van der Waals surface area contributed by atoms with E-state index in [1.54, 1.807) is 13.2 Å². The quantitative estimate of drug-likeness (QED) is 0.849. The van der Waals surface area contributed by atoms with Gasteiger partial charge in [-0.1, -0.05) is 29.8 Å². The first-order valence-corrected chi connectivity index (χ1v) is 6.31. The standard InChI is InChI=1S/C15H16ClNO2/c1-18-14-4-2-3-11(7-14)9-19-10-12-5-6-13(17)8-15(12)16/h2-8H,9-10,17H2,1H3. The highest BCUT2D eigenvalue weighted by Gasteiger charge is 2.02. The van der Waals surface area contributed by atoms with Gasteiger partial charge in [0.25, 0.3) is 0 Å². The maximum absolute atomic E-state index is 6.08. The summed E-state index contributed by atoms with van der Waals surface area (Å²) in [5.74, 6) is 0.826. The molecule has 0 aliphatic rings. The van der Waals surface area contributed by atoms with Crippen molar-refractivity contribution >= 4 is 17.3 Å². The summed E-state index contributed by atoms with van der Waals surface area (Å²) < 4.78 is 10.8. The number of ether oxygens (including phenoxy) is 2. The van der Waals surface area contributed by atoms with Crippen molar-refractivity contribution in [1.29, 1.82) is 0 Å². The Kier molecular flexibility index (Phi) is 4.66. The van der Waals surface area contributed by atoms with Crippen molar-refractivity contribution in [2.24, 2.45) is 0 Å². The molecule has 0 aliphatic carbocycles. The lowest BCUT2D eigenvalue weighted by atomic mass is 10.2. The Morgan fingerprint density at radius 2 is 1.95 bits per heavy atom. The van der Waals surface area contributed by atoms with Crippen molar-refractivity contribution in [2.75, 3.05) is 12.8 Å². The molecule has 2 aromatic carbocycles. The molecular formula is C15H16ClNO2. The third-order valence-electron chi connectivity index (χ3n) is 2.74. The summed E-state index contributed by atoms with van der Waals surface area (Å²) in [7, 11) is 1.65. The smallest absolute Gasteiger partial charge is 0.119 e. The van der Waals surface area contributed by atoms with E-state index in [9.17, 15) is 0 Å². The van der Waals surface area contributed by atoms with E-state index >= 15 is 0 Å². The van der Waals surface area contributed by atoms with Gasteiger partial charge in [0.1, 0.15) is 5.75 Å². The van der Waals surface area contributed by atoms with E-state index in [4.69, 9.17) is 26.8 Å². The molecule has 0 atom stereocenters. The zero-order chi connectivity index (χ0) is 13.7. The summed E-state index contributed by atoms with van der Waals surface area (Å²) in [6.45, 7) is 0.966. The summed E-state index contributed by atoms with van der Waals surface area (Å²) in [4.78, 5) is 0. The van der Waals surface area contributed by atoms with Crippen LogP contribution < -0.4 is 10.5 Å². The van der Waals surface area contributed by atoms with Crippen molar-refractivity contribution in [3.8, 4) is 5.75 Å². The Morgan fingerprint density at radius 1 is 1.11 bits per heavy atom. The fraction of sp³-hybridized carbons (Fsp3) is 0.200. The molecule has 3 nitrogen and oxygen atoms in total. The monoisotopic (exact) mass is 277 g/mol. The summed E-state index contributed by atoms with van der Waals surface area (Å²) in [6.07, 6.45) is 0. The minimum atomic E-state index is 0.455. The second kappa shape index (κ2) is 6.45. The summed E-state index contributed by atoms with van der Waals surface area (Å²) in [5.41, 5.74) is 8.28. The lowest BCUT2D eigenvalue weighted by Crippen LogP contribution is -1.96. The molecule has 2 N–H and O–H groups in total. The number of nitrogens with two attached hydrogens (primary N) is 1. The first-order valence-electron chi connectivity index (χ1n) is 5.93. The number of anilines is 1. The number of hydrogen-bond acceptors (Lipinski definition) is 3. The number of benzene rings is 2. The fourth-order valence-electron chi connectivity index (χ4n) is 1.72. The summed E-state index contributed by atoms with van der Waals surface area (Å²) >= 11 is 6.08. The second-order valence-corrected chi connectivity index (χ2v) is 4.60. The van der Waals surface area contributed by atoms with Crippen molar-refractivity contribution < 1.29 is 9.47 Å². The van der Waals surface area contributed by atoms with Crippen molar-refractivity contribution in [2.45, 2.75) is 13.2 Å². The van der Waals surface area contributed by atoms with E-state index in [0.717, 1.165) is 16.9 Å². The van der Waals surface area contributed by atoms with Crippen LogP contribution in [0.5, 0.6) is 5.75 Å². The molecule has 0 saturated carbocycles. The summed E-state index contributed by atoms with van der Waals surface area (Å²) in [6, 6.07) is 13.2. The number of halogens is 1. The minimum absolute atomic E-state index is 0.455. The maximum Gasteiger partial charge on any atom is 0.119 e. The highest BCUT2D eigenvalue weighted by molar-refractivity contribution is 6.31. The van der Waals surface area contributed by atoms with Crippen LogP contribution in [0.2, 0.25) is 5.02 Å². The number of nitrogen functional groups attached to an aromatic ring is 1. The van der Waals surface area contributed by atoms with E-state index < -0.39 is 0 Å². The van der Waals surface area contributed by atoms with Gasteiger partial charge in [0, 0.05) is 10.7 Å². The lowest BCUT2D eigenvalue weighted by Gasteiger charge is -2.08. The molecule has 4 heteroatoms. The van der Waals surface area contributed by atoms with Crippen LogP contribution in [0.3, 0.4) is 0 Å². The molecule has 0 radical (unpaired) electrons. The Labute approximate surface area is 117 Å². The van der Waals surface area contributed by atoms with Crippen molar-refractivity contribution in [3.05, 3.63) is 58.6 Å². The van der Waals surface area contributed by atoms with Gasteiger partial charge in [-0.25, -0.2) is 0 Å². The van der Waals surface area contributed by atoms with Gasteiger partial charge in [-0.15, -0.1) is 0 Å². The molecule has 0 unspecified atom stereocenters. The highest BCUT2D eigenvalue weighted by atomic mass is 35.5. The Balaban J connectivity index is 1.92. The van der Waals surface area contributed by atoms with E-state index in [2.05, 4.69) is 0 Å². The van der Waals surface area contributed by atoms with Crippen molar-refractivity contribution in [1.82, 2.24) is 0 Å². The molecule has 0 spiro atoms. The normalized spacial score (nSPS) is 10.4. The zero-order valence-corrected chi connectivity index (χ0v) is 11.5. The zero-order valence-electron chi connectivity index (χ0n) is 10.7. The summed E-state index contributed by atoms with van der Waals surface area (Å²) in [5, 5.41) is 0.630. The molecule has 2 rings (SSSR count). The molecular weight excluding hydrogens is 262 g/mol. The van der Waals surface area contributed by atoms with Crippen LogP contribution in [0.4, 0.5) is 5.69 Å². The predicted molar refractivity (Wildman–Crippen MR) is 77.4 cm³/mol. The largest absolute Gasteiger partial charge is 0.497 e. The van der Waals surface area contributed by atoms with Gasteiger partial charge in [0.05, 0.1) is 20.3 Å². The van der Waals surface area contributed by atoms with Gasteiger partial charge in [-0.2, -0.15) is 0 Å². The van der Waals surface area contributed by atoms with Gasteiger partial charge in [-0.3, -0.25) is 0 Å². The van der Waals surface area contributed by atoms with Gasteiger partial charge in [0.2, 0.25) is 0 Å². The highest BCUT2D eigenvalue weighted by Crippen LogP contribution is 2.20. The first kappa shape index (κ1) is 13.7. The van der Waals surface area contributed by atoms with Gasteiger partial charge in [-0.05, 0) is 35.4 Å². The molecule has 0 bridgehead atoms. The van der Waals surface area contributed by atoms with Crippen LogP contribution >= 0.6 is 11.6 Å². The number of rotatable bonds is 5. The van der Waals surface area contributed by atoms with E-state index in [-0.39, 0.29) is 0 Å². The SMILES string of the molecule is COc1cccc(COCc2ccc(N)cc2Cl)c1. The Morgan fingerprint density at radius 3 is 2.68 bits per heavy atom. The molecule has 0 aliphatic heterocycles. The van der Waals surface area contributed by atoms with E-state index in [0.29, 0.717) is 23.9 Å². The molecule has 0 aromatic heterocycles.